The van der Waals surface area contributed by atoms with E-state index in [-0.39, 0.29) is 11.2 Å². The van der Waals surface area contributed by atoms with Crippen molar-refractivity contribution < 1.29 is 9.47 Å². The van der Waals surface area contributed by atoms with Crippen molar-refractivity contribution in [2.45, 2.75) is 56.8 Å². The van der Waals surface area contributed by atoms with E-state index in [1.165, 1.54) is 19.3 Å². The van der Waals surface area contributed by atoms with E-state index in [4.69, 9.17) is 9.47 Å². The average molecular weight is 225 g/mol. The summed E-state index contributed by atoms with van der Waals surface area (Å²) in [6.07, 6.45) is 5.14. The van der Waals surface area contributed by atoms with E-state index in [1.54, 1.807) is 0 Å². The molecule has 3 rings (SSSR count). The fraction of sp³-hybridized carbons (Fsp3) is 1.00. The van der Waals surface area contributed by atoms with Crippen molar-refractivity contribution >= 4 is 0 Å². The Kier molecular flexibility index (Phi) is 2.54. The van der Waals surface area contributed by atoms with Gasteiger partial charge in [-0.1, -0.05) is 12.8 Å². The molecule has 16 heavy (non-hydrogen) atoms. The highest BCUT2D eigenvalue weighted by atomic mass is 16.6. The molecular formula is C13H23NO2. The van der Waals surface area contributed by atoms with Crippen LogP contribution in [0.3, 0.4) is 0 Å². The van der Waals surface area contributed by atoms with E-state index in [0.29, 0.717) is 6.04 Å². The summed E-state index contributed by atoms with van der Waals surface area (Å²) in [6, 6.07) is 0.492. The lowest BCUT2D eigenvalue weighted by Gasteiger charge is -2.48. The van der Waals surface area contributed by atoms with Crippen molar-refractivity contribution in [1.29, 1.82) is 0 Å². The first-order valence-electron chi connectivity index (χ1n) is 6.65. The van der Waals surface area contributed by atoms with Crippen LogP contribution < -0.4 is 5.32 Å². The number of hydrogen-bond donors (Lipinski definition) is 1. The number of hydrogen-bond acceptors (Lipinski definition) is 3. The normalized spacial score (nSPS) is 42.8. The summed E-state index contributed by atoms with van der Waals surface area (Å²) in [4.78, 5) is 0. The Morgan fingerprint density at radius 1 is 1.19 bits per heavy atom. The van der Waals surface area contributed by atoms with E-state index in [9.17, 15) is 0 Å². The second-order valence-corrected chi connectivity index (χ2v) is 6.03. The van der Waals surface area contributed by atoms with Crippen molar-refractivity contribution in [3.8, 4) is 0 Å². The largest absolute Gasteiger partial charge is 0.372 e. The SMILES string of the molecule is CC1(C)OCCC12OCCNC2CC1CC1. The van der Waals surface area contributed by atoms with Crippen LogP contribution in [0.1, 0.15) is 39.5 Å². The molecule has 2 atom stereocenters. The first-order valence-corrected chi connectivity index (χ1v) is 6.65. The van der Waals surface area contributed by atoms with Crippen LogP contribution in [0.15, 0.2) is 0 Å². The fourth-order valence-corrected chi connectivity index (χ4v) is 3.41. The molecule has 1 N–H and O–H groups in total. The van der Waals surface area contributed by atoms with E-state index in [2.05, 4.69) is 19.2 Å². The molecule has 0 aromatic rings. The van der Waals surface area contributed by atoms with Gasteiger partial charge in [-0.25, -0.2) is 0 Å². The van der Waals surface area contributed by atoms with Gasteiger partial charge in [0.05, 0.1) is 18.8 Å². The van der Waals surface area contributed by atoms with Crippen LogP contribution >= 0.6 is 0 Å². The molecule has 0 aromatic heterocycles. The van der Waals surface area contributed by atoms with E-state index >= 15 is 0 Å². The quantitative estimate of drug-likeness (QED) is 0.776. The fourth-order valence-electron chi connectivity index (χ4n) is 3.41. The molecule has 2 heterocycles. The van der Waals surface area contributed by atoms with Gasteiger partial charge in [0.2, 0.25) is 0 Å². The van der Waals surface area contributed by atoms with Gasteiger partial charge in [-0.15, -0.1) is 0 Å². The topological polar surface area (TPSA) is 30.5 Å². The summed E-state index contributed by atoms with van der Waals surface area (Å²) in [7, 11) is 0. The lowest BCUT2D eigenvalue weighted by atomic mass is 9.76. The molecule has 0 radical (unpaired) electrons. The Morgan fingerprint density at radius 3 is 2.62 bits per heavy atom. The van der Waals surface area contributed by atoms with Crippen LogP contribution in [-0.2, 0) is 9.47 Å². The third-order valence-electron chi connectivity index (χ3n) is 4.64. The molecule has 1 aliphatic carbocycles. The Morgan fingerprint density at radius 2 is 2.00 bits per heavy atom. The van der Waals surface area contributed by atoms with Crippen LogP contribution in [0.2, 0.25) is 0 Å². The molecule has 1 spiro atoms. The van der Waals surface area contributed by atoms with Crippen LogP contribution in [0.5, 0.6) is 0 Å². The maximum absolute atomic E-state index is 6.20. The third-order valence-corrected chi connectivity index (χ3v) is 4.64. The molecule has 0 amide bonds. The minimum Gasteiger partial charge on any atom is -0.372 e. The van der Waals surface area contributed by atoms with Crippen LogP contribution in [0.4, 0.5) is 0 Å². The van der Waals surface area contributed by atoms with Crippen LogP contribution in [-0.4, -0.2) is 37.0 Å². The zero-order valence-electron chi connectivity index (χ0n) is 10.4. The minimum atomic E-state index is -0.139. The van der Waals surface area contributed by atoms with Gasteiger partial charge in [0, 0.05) is 19.0 Å². The van der Waals surface area contributed by atoms with Crippen molar-refractivity contribution in [1.82, 2.24) is 5.32 Å². The molecule has 0 bridgehead atoms. The van der Waals surface area contributed by atoms with Gasteiger partial charge in [0.25, 0.3) is 0 Å². The zero-order valence-corrected chi connectivity index (χ0v) is 10.4. The predicted octanol–water partition coefficient (Wildman–Crippen LogP) is 1.71. The lowest BCUT2D eigenvalue weighted by Crippen LogP contribution is -2.65. The Balaban J connectivity index is 1.82. The summed E-state index contributed by atoms with van der Waals surface area (Å²) in [5.74, 6) is 0.937. The van der Waals surface area contributed by atoms with Gasteiger partial charge < -0.3 is 14.8 Å². The maximum Gasteiger partial charge on any atom is 0.114 e. The molecule has 3 fully saturated rings. The molecule has 2 saturated heterocycles. The number of rotatable bonds is 2. The first-order chi connectivity index (χ1) is 7.64. The van der Waals surface area contributed by atoms with Gasteiger partial charge >= 0.3 is 0 Å². The summed E-state index contributed by atoms with van der Waals surface area (Å²) in [5.41, 5.74) is -0.214. The van der Waals surface area contributed by atoms with Gasteiger partial charge in [-0.3, -0.25) is 0 Å². The monoisotopic (exact) mass is 225 g/mol. The molecule has 1 saturated carbocycles. The Hall–Kier alpha value is -0.120. The Bertz CT molecular complexity index is 275. The number of morpholine rings is 1. The lowest BCUT2D eigenvalue weighted by molar-refractivity contribution is -0.172. The average Bonchev–Trinajstić information content (AvgIpc) is 2.99. The van der Waals surface area contributed by atoms with Crippen LogP contribution in [0.25, 0.3) is 0 Å². The summed E-state index contributed by atoms with van der Waals surface area (Å²) in [5, 5.41) is 3.67. The second kappa shape index (κ2) is 3.69. The van der Waals surface area contributed by atoms with E-state index in [1.807, 2.05) is 0 Å². The van der Waals surface area contributed by atoms with Gasteiger partial charge in [0.1, 0.15) is 5.60 Å². The number of nitrogens with one attached hydrogen (secondary N) is 1. The molecule has 3 nitrogen and oxygen atoms in total. The van der Waals surface area contributed by atoms with Gasteiger partial charge in [0.15, 0.2) is 0 Å². The zero-order chi connectivity index (χ0) is 11.2. The van der Waals surface area contributed by atoms with Crippen LogP contribution in [0, 0.1) is 5.92 Å². The summed E-state index contributed by atoms with van der Waals surface area (Å²) < 4.78 is 12.1. The third kappa shape index (κ3) is 1.60. The van der Waals surface area contributed by atoms with Crippen molar-refractivity contribution in [3.63, 3.8) is 0 Å². The van der Waals surface area contributed by atoms with Gasteiger partial charge in [-0.05, 0) is 26.2 Å². The number of ether oxygens (including phenoxy) is 2. The highest BCUT2D eigenvalue weighted by molar-refractivity contribution is 5.10. The predicted molar refractivity (Wildman–Crippen MR) is 62.5 cm³/mol. The second-order valence-electron chi connectivity index (χ2n) is 6.03. The maximum atomic E-state index is 6.20. The smallest absolute Gasteiger partial charge is 0.114 e. The summed E-state index contributed by atoms with van der Waals surface area (Å²) in [6.45, 7) is 7.04. The molecule has 92 valence electrons. The van der Waals surface area contributed by atoms with Crippen molar-refractivity contribution in [3.05, 3.63) is 0 Å². The van der Waals surface area contributed by atoms with Crippen molar-refractivity contribution in [2.75, 3.05) is 19.8 Å². The minimum absolute atomic E-state index is 0.0756. The molecule has 2 aliphatic heterocycles. The van der Waals surface area contributed by atoms with E-state index < -0.39 is 0 Å². The highest BCUT2D eigenvalue weighted by Crippen LogP contribution is 2.46. The molecule has 3 aliphatic rings. The Labute approximate surface area is 97.9 Å². The summed E-state index contributed by atoms with van der Waals surface area (Å²) >= 11 is 0. The standard InChI is InChI=1S/C13H23NO2/c1-12(2)13(5-7-15-12)11(9-10-3-4-10)14-6-8-16-13/h10-11,14H,3-9H2,1-2H3. The molecule has 0 aromatic carbocycles. The first kappa shape index (κ1) is 11.0. The van der Waals surface area contributed by atoms with Gasteiger partial charge in [-0.2, -0.15) is 0 Å². The molecule has 3 heteroatoms. The molecular weight excluding hydrogens is 202 g/mol. The highest BCUT2D eigenvalue weighted by Gasteiger charge is 2.57. The molecule has 2 unspecified atom stereocenters. The van der Waals surface area contributed by atoms with Crippen molar-refractivity contribution in [2.24, 2.45) is 5.92 Å². The van der Waals surface area contributed by atoms with E-state index in [0.717, 1.165) is 32.1 Å².